The van der Waals surface area contributed by atoms with E-state index in [0.717, 1.165) is 18.5 Å². The summed E-state index contributed by atoms with van der Waals surface area (Å²) >= 11 is 0. The number of hydrogen-bond donors (Lipinski definition) is 1. The van der Waals surface area contributed by atoms with Crippen LogP contribution in [-0.2, 0) is 4.74 Å². The highest BCUT2D eigenvalue weighted by Gasteiger charge is 2.32. The van der Waals surface area contributed by atoms with Crippen LogP contribution in [0.1, 0.15) is 24.5 Å². The predicted octanol–water partition coefficient (Wildman–Crippen LogP) is 1.15. The van der Waals surface area contributed by atoms with Gasteiger partial charge in [0.1, 0.15) is 0 Å². The monoisotopic (exact) mass is 168 g/mol. The Morgan fingerprint density at radius 2 is 2.42 bits per heavy atom. The molecule has 0 amide bonds. The summed E-state index contributed by atoms with van der Waals surface area (Å²) in [5.41, 5.74) is 6.36. The molecule has 1 aromatic heterocycles. The van der Waals surface area contributed by atoms with Crippen LogP contribution in [0.4, 0.5) is 5.88 Å². The molecule has 1 fully saturated rings. The second-order valence-corrected chi connectivity index (χ2v) is 3.18. The van der Waals surface area contributed by atoms with Crippen LogP contribution in [-0.4, -0.2) is 18.4 Å². The van der Waals surface area contributed by atoms with Gasteiger partial charge in [0, 0.05) is 19.1 Å². The van der Waals surface area contributed by atoms with Gasteiger partial charge in [0.15, 0.2) is 0 Å². The van der Waals surface area contributed by atoms with Crippen LogP contribution in [0.15, 0.2) is 10.6 Å². The Kier molecular flexibility index (Phi) is 1.77. The smallest absolute Gasteiger partial charge is 0.222 e. The molecule has 4 heteroatoms. The lowest BCUT2D eigenvalue weighted by Crippen LogP contribution is -2.28. The molecule has 2 rings (SSSR count). The molecule has 0 unspecified atom stereocenters. The molecule has 2 N–H and O–H groups in total. The average Bonchev–Trinajstić information content (AvgIpc) is 2.34. The molecule has 1 aliphatic rings. The van der Waals surface area contributed by atoms with E-state index in [1.807, 2.05) is 0 Å². The molecule has 0 spiro atoms. The number of nitrogen functional groups attached to an aromatic ring is 1. The highest BCUT2D eigenvalue weighted by Crippen LogP contribution is 2.38. The van der Waals surface area contributed by atoms with Gasteiger partial charge in [0.2, 0.25) is 5.88 Å². The van der Waals surface area contributed by atoms with Gasteiger partial charge < -0.3 is 15.0 Å². The maximum absolute atomic E-state index is 5.40. The molecule has 0 aromatic carbocycles. The van der Waals surface area contributed by atoms with Gasteiger partial charge in [-0.15, -0.1) is 0 Å². The Bertz CT molecular complexity index is 266. The standard InChI is InChI=1S/C8H12N2O2/c1-11-6-2-5(3-6)7-4-8(9)12-10-7/h4-6H,2-3,9H2,1H3. The fourth-order valence-corrected chi connectivity index (χ4v) is 1.50. The van der Waals surface area contributed by atoms with Gasteiger partial charge in [0.25, 0.3) is 0 Å². The molecule has 1 aliphatic carbocycles. The quantitative estimate of drug-likeness (QED) is 0.719. The minimum Gasteiger partial charge on any atom is -0.381 e. The Balaban J connectivity index is 1.96. The second-order valence-electron chi connectivity index (χ2n) is 3.18. The van der Waals surface area contributed by atoms with Crippen molar-refractivity contribution in [2.24, 2.45) is 0 Å². The van der Waals surface area contributed by atoms with Crippen molar-refractivity contribution in [1.29, 1.82) is 0 Å². The summed E-state index contributed by atoms with van der Waals surface area (Å²) in [6.45, 7) is 0. The summed E-state index contributed by atoms with van der Waals surface area (Å²) < 4.78 is 9.93. The molecular formula is C8H12N2O2. The summed E-state index contributed by atoms with van der Waals surface area (Å²) in [5, 5.41) is 3.85. The summed E-state index contributed by atoms with van der Waals surface area (Å²) in [4.78, 5) is 0. The minimum atomic E-state index is 0.394. The van der Waals surface area contributed by atoms with Gasteiger partial charge in [-0.25, -0.2) is 0 Å². The molecule has 4 nitrogen and oxygen atoms in total. The average molecular weight is 168 g/mol. The number of rotatable bonds is 2. The maximum atomic E-state index is 5.40. The van der Waals surface area contributed by atoms with Crippen LogP contribution in [0, 0.1) is 0 Å². The lowest BCUT2D eigenvalue weighted by atomic mass is 9.80. The van der Waals surface area contributed by atoms with E-state index in [-0.39, 0.29) is 0 Å². The lowest BCUT2D eigenvalue weighted by Gasteiger charge is -2.32. The third-order valence-electron chi connectivity index (χ3n) is 2.39. The van der Waals surface area contributed by atoms with Crippen molar-refractivity contribution >= 4 is 5.88 Å². The van der Waals surface area contributed by atoms with Crippen molar-refractivity contribution in [3.63, 3.8) is 0 Å². The third-order valence-corrected chi connectivity index (χ3v) is 2.39. The number of methoxy groups -OCH3 is 1. The van der Waals surface area contributed by atoms with Crippen molar-refractivity contribution in [1.82, 2.24) is 5.16 Å². The number of anilines is 1. The summed E-state index contributed by atoms with van der Waals surface area (Å²) in [6.07, 6.45) is 2.46. The lowest BCUT2D eigenvalue weighted by molar-refractivity contribution is 0.0241. The highest BCUT2D eigenvalue weighted by molar-refractivity contribution is 5.27. The van der Waals surface area contributed by atoms with Gasteiger partial charge in [-0.2, -0.15) is 0 Å². The first kappa shape index (κ1) is 7.61. The van der Waals surface area contributed by atoms with E-state index in [2.05, 4.69) is 5.16 Å². The SMILES string of the molecule is COC1CC(c2cc(N)on2)C1. The van der Waals surface area contributed by atoms with Crippen molar-refractivity contribution in [2.45, 2.75) is 24.9 Å². The fraction of sp³-hybridized carbons (Fsp3) is 0.625. The van der Waals surface area contributed by atoms with Crippen LogP contribution in [0.3, 0.4) is 0 Å². The molecule has 0 bridgehead atoms. The topological polar surface area (TPSA) is 61.3 Å². The largest absolute Gasteiger partial charge is 0.381 e. The summed E-state index contributed by atoms with van der Waals surface area (Å²) in [7, 11) is 1.73. The van der Waals surface area contributed by atoms with Gasteiger partial charge in [-0.1, -0.05) is 5.16 Å². The number of hydrogen-bond acceptors (Lipinski definition) is 4. The van der Waals surface area contributed by atoms with Crippen molar-refractivity contribution in [3.05, 3.63) is 11.8 Å². The Morgan fingerprint density at radius 3 is 2.92 bits per heavy atom. The zero-order chi connectivity index (χ0) is 8.55. The number of nitrogens with zero attached hydrogens (tertiary/aromatic N) is 1. The molecule has 0 radical (unpaired) electrons. The first-order valence-electron chi connectivity index (χ1n) is 4.04. The Labute approximate surface area is 70.7 Å². The molecular weight excluding hydrogens is 156 g/mol. The zero-order valence-electron chi connectivity index (χ0n) is 6.99. The minimum absolute atomic E-state index is 0.394. The molecule has 0 aliphatic heterocycles. The van der Waals surface area contributed by atoms with Crippen LogP contribution >= 0.6 is 0 Å². The summed E-state index contributed by atoms with van der Waals surface area (Å²) in [6, 6.07) is 1.79. The fourth-order valence-electron chi connectivity index (χ4n) is 1.50. The Morgan fingerprint density at radius 1 is 1.67 bits per heavy atom. The zero-order valence-corrected chi connectivity index (χ0v) is 6.99. The number of ether oxygens (including phenoxy) is 1. The Hall–Kier alpha value is -1.03. The van der Waals surface area contributed by atoms with Gasteiger partial charge in [-0.05, 0) is 12.8 Å². The van der Waals surface area contributed by atoms with E-state index < -0.39 is 0 Å². The summed E-state index contributed by atoms with van der Waals surface area (Å²) in [5.74, 6) is 0.877. The second kappa shape index (κ2) is 2.79. The molecule has 0 atom stereocenters. The third kappa shape index (κ3) is 1.18. The van der Waals surface area contributed by atoms with E-state index in [1.165, 1.54) is 0 Å². The molecule has 12 heavy (non-hydrogen) atoms. The highest BCUT2D eigenvalue weighted by atomic mass is 16.5. The predicted molar refractivity (Wildman–Crippen MR) is 43.7 cm³/mol. The van der Waals surface area contributed by atoms with E-state index in [4.69, 9.17) is 15.0 Å². The van der Waals surface area contributed by atoms with Crippen LogP contribution < -0.4 is 5.73 Å². The van der Waals surface area contributed by atoms with Crippen molar-refractivity contribution in [2.75, 3.05) is 12.8 Å². The van der Waals surface area contributed by atoms with E-state index in [0.29, 0.717) is 17.9 Å². The van der Waals surface area contributed by atoms with E-state index in [9.17, 15) is 0 Å². The van der Waals surface area contributed by atoms with E-state index >= 15 is 0 Å². The van der Waals surface area contributed by atoms with Gasteiger partial charge in [0.05, 0.1) is 11.8 Å². The molecule has 1 saturated carbocycles. The van der Waals surface area contributed by atoms with Crippen LogP contribution in [0.2, 0.25) is 0 Å². The first-order valence-corrected chi connectivity index (χ1v) is 4.04. The maximum Gasteiger partial charge on any atom is 0.222 e. The molecule has 1 heterocycles. The number of aromatic nitrogens is 1. The number of nitrogens with two attached hydrogens (primary N) is 1. The van der Waals surface area contributed by atoms with Crippen molar-refractivity contribution in [3.8, 4) is 0 Å². The van der Waals surface area contributed by atoms with Gasteiger partial charge >= 0.3 is 0 Å². The van der Waals surface area contributed by atoms with E-state index in [1.54, 1.807) is 13.2 Å². The normalized spacial score (nSPS) is 28.4. The molecule has 1 aromatic rings. The van der Waals surface area contributed by atoms with Crippen LogP contribution in [0.5, 0.6) is 0 Å². The first-order chi connectivity index (χ1) is 5.79. The molecule has 66 valence electrons. The van der Waals surface area contributed by atoms with Gasteiger partial charge in [-0.3, -0.25) is 0 Å². The van der Waals surface area contributed by atoms with Crippen molar-refractivity contribution < 1.29 is 9.26 Å². The molecule has 0 saturated heterocycles. The van der Waals surface area contributed by atoms with Crippen LogP contribution in [0.25, 0.3) is 0 Å².